The quantitative estimate of drug-likeness (QED) is 0.774. The minimum atomic E-state index is -0.0470. The second kappa shape index (κ2) is 7.53. The van der Waals surface area contributed by atoms with E-state index in [0.29, 0.717) is 33.2 Å². The van der Waals surface area contributed by atoms with Crippen LogP contribution < -0.4 is 10.1 Å². The summed E-state index contributed by atoms with van der Waals surface area (Å²) < 4.78 is 6.87. The highest BCUT2D eigenvalue weighted by Crippen LogP contribution is 2.34. The second-order valence-electron chi connectivity index (χ2n) is 3.48. The van der Waals surface area contributed by atoms with Crippen LogP contribution in [0.1, 0.15) is 23.7 Å². The van der Waals surface area contributed by atoms with Crippen LogP contribution in [0, 0.1) is 0 Å². The number of aldehydes is 1. The molecule has 0 aliphatic heterocycles. The van der Waals surface area contributed by atoms with Crippen LogP contribution in [-0.4, -0.2) is 25.3 Å². The van der Waals surface area contributed by atoms with Gasteiger partial charge in [0.1, 0.15) is 12.0 Å². The van der Waals surface area contributed by atoms with Crippen LogP contribution in [0.5, 0.6) is 5.75 Å². The summed E-state index contributed by atoms with van der Waals surface area (Å²) in [7, 11) is 0. The van der Waals surface area contributed by atoms with Crippen molar-refractivity contribution >= 4 is 44.1 Å². The molecule has 0 aliphatic carbocycles. The molecule has 18 heavy (non-hydrogen) atoms. The number of nitrogens with one attached hydrogen (secondary N) is 1. The summed E-state index contributed by atoms with van der Waals surface area (Å²) in [5, 5.41) is 2.69. The molecular weight excluding hydrogens is 366 g/mol. The van der Waals surface area contributed by atoms with Crippen molar-refractivity contribution in [1.82, 2.24) is 5.32 Å². The number of hydrogen-bond donors (Lipinski definition) is 1. The lowest BCUT2D eigenvalue weighted by Crippen LogP contribution is -2.24. The third-order valence-corrected chi connectivity index (χ3v) is 3.28. The zero-order valence-electron chi connectivity index (χ0n) is 9.83. The van der Waals surface area contributed by atoms with Crippen molar-refractivity contribution in [2.45, 2.75) is 13.3 Å². The third-order valence-electron chi connectivity index (χ3n) is 2.11. The van der Waals surface area contributed by atoms with E-state index in [9.17, 15) is 9.59 Å². The molecule has 0 unspecified atom stereocenters. The smallest absolute Gasteiger partial charge is 0.223 e. The highest BCUT2D eigenvalue weighted by molar-refractivity contribution is 9.11. The highest BCUT2D eigenvalue weighted by atomic mass is 79.9. The molecule has 0 saturated heterocycles. The largest absolute Gasteiger partial charge is 0.491 e. The van der Waals surface area contributed by atoms with Crippen LogP contribution in [0.25, 0.3) is 0 Å². The molecule has 0 saturated carbocycles. The molecule has 1 N–H and O–H groups in total. The monoisotopic (exact) mass is 377 g/mol. The Morgan fingerprint density at radius 1 is 1.39 bits per heavy atom. The lowest BCUT2D eigenvalue weighted by molar-refractivity contribution is -0.121. The molecule has 0 atom stereocenters. The van der Waals surface area contributed by atoms with Crippen LogP contribution in [0.4, 0.5) is 0 Å². The van der Waals surface area contributed by atoms with E-state index in [1.54, 1.807) is 12.1 Å². The van der Waals surface area contributed by atoms with Gasteiger partial charge in [-0.25, -0.2) is 0 Å². The van der Waals surface area contributed by atoms with Gasteiger partial charge in [-0.3, -0.25) is 9.59 Å². The summed E-state index contributed by atoms with van der Waals surface area (Å²) in [5.74, 6) is 0.541. The zero-order chi connectivity index (χ0) is 13.5. The highest BCUT2D eigenvalue weighted by Gasteiger charge is 2.09. The summed E-state index contributed by atoms with van der Waals surface area (Å²) >= 11 is 6.64. The lowest BCUT2D eigenvalue weighted by atomic mass is 10.2. The molecule has 0 bridgehead atoms. The van der Waals surface area contributed by atoms with Crippen LogP contribution in [0.15, 0.2) is 21.1 Å². The molecule has 0 heterocycles. The van der Waals surface area contributed by atoms with Crippen LogP contribution in [0.3, 0.4) is 0 Å². The summed E-state index contributed by atoms with van der Waals surface area (Å²) in [4.78, 5) is 21.9. The van der Waals surface area contributed by atoms with Gasteiger partial charge in [-0.1, -0.05) is 0 Å². The number of benzene rings is 1. The Labute approximate surface area is 122 Å². The van der Waals surface area contributed by atoms with Gasteiger partial charge in [0.25, 0.3) is 0 Å². The zero-order valence-corrected chi connectivity index (χ0v) is 13.0. The molecule has 1 aromatic rings. The first-order chi connectivity index (χ1) is 8.58. The Morgan fingerprint density at radius 2 is 2.00 bits per heavy atom. The Hall–Kier alpha value is -0.880. The number of carbonyl (C=O) groups is 2. The standard InChI is InChI=1S/C12H13Br2NO3/c1-2-15-11(17)3-4-18-12-9(13)5-8(7-16)6-10(12)14/h5-7H,2-4H2,1H3,(H,15,17). The number of halogens is 2. The molecule has 6 heteroatoms. The molecular formula is C12H13Br2NO3. The van der Waals surface area contributed by atoms with E-state index in [4.69, 9.17) is 4.74 Å². The van der Waals surface area contributed by atoms with E-state index in [0.717, 1.165) is 6.29 Å². The van der Waals surface area contributed by atoms with Crippen molar-refractivity contribution in [2.75, 3.05) is 13.2 Å². The summed E-state index contributed by atoms with van der Waals surface area (Å²) in [5.41, 5.74) is 0.546. The first-order valence-corrected chi connectivity index (χ1v) is 7.00. The van der Waals surface area contributed by atoms with Gasteiger partial charge < -0.3 is 10.1 Å². The van der Waals surface area contributed by atoms with E-state index in [1.807, 2.05) is 6.92 Å². The maximum atomic E-state index is 11.2. The van der Waals surface area contributed by atoms with Gasteiger partial charge in [-0.15, -0.1) is 0 Å². The maximum absolute atomic E-state index is 11.2. The first-order valence-electron chi connectivity index (χ1n) is 5.42. The van der Waals surface area contributed by atoms with Gasteiger partial charge >= 0.3 is 0 Å². The maximum Gasteiger partial charge on any atom is 0.223 e. The Balaban J connectivity index is 2.62. The van der Waals surface area contributed by atoms with Crippen molar-refractivity contribution in [2.24, 2.45) is 0 Å². The van der Waals surface area contributed by atoms with Crippen LogP contribution >= 0.6 is 31.9 Å². The van der Waals surface area contributed by atoms with Crippen molar-refractivity contribution < 1.29 is 14.3 Å². The van der Waals surface area contributed by atoms with Crippen molar-refractivity contribution in [3.8, 4) is 5.75 Å². The summed E-state index contributed by atoms with van der Waals surface area (Å²) in [6.45, 7) is 2.76. The van der Waals surface area contributed by atoms with Crippen molar-refractivity contribution in [3.63, 3.8) is 0 Å². The normalized spacial score (nSPS) is 9.94. The third kappa shape index (κ3) is 4.42. The molecule has 98 valence electrons. The molecule has 1 amide bonds. The Morgan fingerprint density at radius 3 is 2.50 bits per heavy atom. The number of amides is 1. The lowest BCUT2D eigenvalue weighted by Gasteiger charge is -2.10. The number of rotatable bonds is 6. The molecule has 1 rings (SSSR count). The molecule has 0 aliphatic rings. The van der Waals surface area contributed by atoms with Crippen LogP contribution in [0.2, 0.25) is 0 Å². The minimum Gasteiger partial charge on any atom is -0.491 e. The average Bonchev–Trinajstić information content (AvgIpc) is 2.32. The number of carbonyl (C=O) groups excluding carboxylic acids is 2. The molecule has 4 nitrogen and oxygen atoms in total. The Kier molecular flexibility index (Phi) is 6.35. The molecule has 0 fully saturated rings. The van der Waals surface area contributed by atoms with Gasteiger partial charge in [0.05, 0.1) is 22.0 Å². The van der Waals surface area contributed by atoms with Crippen LogP contribution in [-0.2, 0) is 4.79 Å². The summed E-state index contributed by atoms with van der Waals surface area (Å²) in [6, 6.07) is 3.33. The molecule has 1 aromatic carbocycles. The predicted octanol–water partition coefficient (Wildman–Crippen LogP) is 2.93. The van der Waals surface area contributed by atoms with E-state index in [1.165, 1.54) is 0 Å². The van der Waals surface area contributed by atoms with E-state index in [-0.39, 0.29) is 12.5 Å². The van der Waals surface area contributed by atoms with Gasteiger partial charge in [0.2, 0.25) is 5.91 Å². The summed E-state index contributed by atoms with van der Waals surface area (Å²) in [6.07, 6.45) is 1.05. The average molecular weight is 379 g/mol. The SMILES string of the molecule is CCNC(=O)CCOc1c(Br)cc(C=O)cc1Br. The van der Waals surface area contributed by atoms with E-state index in [2.05, 4.69) is 37.2 Å². The fourth-order valence-corrected chi connectivity index (χ4v) is 2.77. The first kappa shape index (κ1) is 15.2. The van der Waals surface area contributed by atoms with Crippen molar-refractivity contribution in [3.05, 3.63) is 26.6 Å². The van der Waals surface area contributed by atoms with Gasteiger partial charge in [0.15, 0.2) is 0 Å². The molecule has 0 radical (unpaired) electrons. The number of hydrogen-bond acceptors (Lipinski definition) is 3. The van der Waals surface area contributed by atoms with Gasteiger partial charge in [-0.2, -0.15) is 0 Å². The fraction of sp³-hybridized carbons (Fsp3) is 0.333. The predicted molar refractivity (Wildman–Crippen MR) is 76.0 cm³/mol. The van der Waals surface area contributed by atoms with Gasteiger partial charge in [-0.05, 0) is 50.9 Å². The minimum absolute atomic E-state index is 0.0470. The molecule has 0 aromatic heterocycles. The topological polar surface area (TPSA) is 55.4 Å². The van der Waals surface area contributed by atoms with E-state index < -0.39 is 0 Å². The van der Waals surface area contributed by atoms with E-state index >= 15 is 0 Å². The van der Waals surface area contributed by atoms with Crippen molar-refractivity contribution in [1.29, 1.82) is 0 Å². The number of ether oxygens (including phenoxy) is 1. The molecule has 0 spiro atoms. The van der Waals surface area contributed by atoms with Gasteiger partial charge in [0, 0.05) is 12.1 Å². The second-order valence-corrected chi connectivity index (χ2v) is 5.19. The Bertz CT molecular complexity index is 426. The fourth-order valence-electron chi connectivity index (χ4n) is 1.32.